The second-order valence-electron chi connectivity index (χ2n) is 8.01. The van der Waals surface area contributed by atoms with Crippen LogP contribution < -0.4 is 25.2 Å². The number of morpholine rings is 1. The van der Waals surface area contributed by atoms with E-state index in [4.69, 9.17) is 14.2 Å². The Morgan fingerprint density at radius 3 is 2.42 bits per heavy atom. The Kier molecular flexibility index (Phi) is 5.87. The molecule has 2 aliphatic heterocycles. The summed E-state index contributed by atoms with van der Waals surface area (Å²) in [5.41, 5.74) is 2.65. The number of benzene rings is 2. The van der Waals surface area contributed by atoms with Gasteiger partial charge in [-0.05, 0) is 24.1 Å². The van der Waals surface area contributed by atoms with Crippen molar-refractivity contribution in [3.63, 3.8) is 0 Å². The lowest BCUT2D eigenvalue weighted by molar-refractivity contribution is -0.116. The molecule has 0 bridgehead atoms. The topological polar surface area (TPSA) is 94.9 Å². The number of carbonyl (C=O) groups is 1. The zero-order valence-electron chi connectivity index (χ0n) is 18.5. The molecule has 0 atom stereocenters. The van der Waals surface area contributed by atoms with Gasteiger partial charge < -0.3 is 24.4 Å². The highest BCUT2D eigenvalue weighted by Crippen LogP contribution is 2.34. The Morgan fingerprint density at radius 1 is 1.03 bits per heavy atom. The van der Waals surface area contributed by atoms with Gasteiger partial charge in [0, 0.05) is 30.9 Å². The number of carbonyl (C=O) groups excluding carboxylic acids is 1. The molecule has 2 aromatic carbocycles. The molecule has 1 amide bonds. The van der Waals surface area contributed by atoms with Gasteiger partial charge in [0.2, 0.25) is 5.91 Å². The number of rotatable bonds is 5. The summed E-state index contributed by atoms with van der Waals surface area (Å²) >= 11 is 0. The number of aromatic nitrogens is 2. The predicted molar refractivity (Wildman–Crippen MR) is 124 cm³/mol. The van der Waals surface area contributed by atoms with Crippen molar-refractivity contribution in [2.45, 2.75) is 19.9 Å². The molecular formula is C24H26N4O5. The smallest absolute Gasteiger partial charge is 0.294 e. The summed E-state index contributed by atoms with van der Waals surface area (Å²) in [5.74, 6) is 1.14. The van der Waals surface area contributed by atoms with E-state index in [-0.39, 0.29) is 18.0 Å². The maximum Gasteiger partial charge on any atom is 0.294 e. The van der Waals surface area contributed by atoms with E-state index in [0.29, 0.717) is 73.6 Å². The molecule has 2 aliphatic rings. The summed E-state index contributed by atoms with van der Waals surface area (Å²) in [7, 11) is 0. The van der Waals surface area contributed by atoms with Crippen molar-refractivity contribution in [3.05, 3.63) is 52.3 Å². The summed E-state index contributed by atoms with van der Waals surface area (Å²) in [6, 6.07) is 11.2. The van der Waals surface area contributed by atoms with Gasteiger partial charge in [-0.15, -0.1) is 0 Å². The van der Waals surface area contributed by atoms with Crippen LogP contribution in [-0.2, 0) is 22.5 Å². The van der Waals surface area contributed by atoms with Crippen molar-refractivity contribution in [1.29, 1.82) is 0 Å². The third-order valence-electron chi connectivity index (χ3n) is 5.85. The second kappa shape index (κ2) is 9.11. The first kappa shape index (κ1) is 21.3. The van der Waals surface area contributed by atoms with Crippen LogP contribution in [0, 0.1) is 0 Å². The Balaban J connectivity index is 1.53. The van der Waals surface area contributed by atoms with Gasteiger partial charge in [-0.2, -0.15) is 0 Å². The number of hydrogen-bond acceptors (Lipinski definition) is 7. The van der Waals surface area contributed by atoms with Crippen molar-refractivity contribution in [3.8, 4) is 11.5 Å². The van der Waals surface area contributed by atoms with Crippen LogP contribution in [0.25, 0.3) is 11.0 Å². The number of ether oxygens (including phenoxy) is 3. The molecule has 0 radical (unpaired) electrons. The zero-order valence-corrected chi connectivity index (χ0v) is 18.5. The monoisotopic (exact) mass is 450 g/mol. The number of amides is 1. The van der Waals surface area contributed by atoms with Gasteiger partial charge in [-0.25, -0.2) is 4.98 Å². The van der Waals surface area contributed by atoms with Crippen molar-refractivity contribution < 1.29 is 19.0 Å². The first-order valence-corrected chi connectivity index (χ1v) is 11.2. The average Bonchev–Trinajstić information content (AvgIpc) is 2.85. The van der Waals surface area contributed by atoms with Crippen LogP contribution in [0.5, 0.6) is 11.5 Å². The number of fused-ring (bicyclic) bond motifs is 2. The molecular weight excluding hydrogens is 424 g/mol. The molecule has 9 nitrogen and oxygen atoms in total. The summed E-state index contributed by atoms with van der Waals surface area (Å²) in [4.78, 5) is 33.0. The van der Waals surface area contributed by atoms with Gasteiger partial charge >= 0.3 is 0 Å². The van der Waals surface area contributed by atoms with E-state index in [1.165, 1.54) is 10.1 Å². The fourth-order valence-corrected chi connectivity index (χ4v) is 4.07. The average molecular weight is 450 g/mol. The highest BCUT2D eigenvalue weighted by molar-refractivity contribution is 5.92. The summed E-state index contributed by atoms with van der Waals surface area (Å²) in [6.45, 7) is 4.98. The van der Waals surface area contributed by atoms with Crippen molar-refractivity contribution in [2.24, 2.45) is 0 Å². The molecule has 5 rings (SSSR count). The minimum absolute atomic E-state index is 0.148. The van der Waals surface area contributed by atoms with E-state index in [0.717, 1.165) is 6.42 Å². The minimum atomic E-state index is -0.322. The number of nitrogens with zero attached hydrogens (tertiary/aromatic N) is 3. The fraction of sp³-hybridized carbons (Fsp3) is 0.375. The first-order valence-electron chi connectivity index (χ1n) is 11.2. The Bertz CT molecular complexity index is 1230. The normalized spacial score (nSPS) is 15.5. The van der Waals surface area contributed by atoms with E-state index in [1.807, 2.05) is 29.2 Å². The van der Waals surface area contributed by atoms with E-state index in [9.17, 15) is 9.59 Å². The molecule has 1 fully saturated rings. The second-order valence-corrected chi connectivity index (χ2v) is 8.01. The predicted octanol–water partition coefficient (Wildman–Crippen LogP) is 2.21. The fourth-order valence-electron chi connectivity index (χ4n) is 4.07. The van der Waals surface area contributed by atoms with Gasteiger partial charge in [0.05, 0.1) is 24.2 Å². The largest absolute Gasteiger partial charge is 0.486 e. The van der Waals surface area contributed by atoms with Gasteiger partial charge in [0.1, 0.15) is 19.8 Å². The molecule has 0 aliphatic carbocycles. The molecule has 1 aromatic heterocycles. The number of aryl methyl sites for hydroxylation is 1. The number of anilines is 2. The van der Waals surface area contributed by atoms with E-state index >= 15 is 0 Å². The molecule has 1 saturated heterocycles. The van der Waals surface area contributed by atoms with Crippen LogP contribution in [0.4, 0.5) is 11.5 Å². The SMILES string of the molecule is CCc1ccc(NC(=O)Cn2c(=O)c(N3CCOCC3)nc3cc4c(cc32)OCCO4)cc1. The standard InChI is InChI=1S/C24H26N4O5/c1-2-16-3-5-17(6-4-16)25-22(29)15-28-19-14-21-20(32-11-12-33-21)13-18(19)26-23(24(28)30)27-7-9-31-10-8-27/h3-6,13-14H,2,7-12,15H2,1H3,(H,25,29). The molecule has 0 unspecified atom stereocenters. The molecule has 1 N–H and O–H groups in total. The summed E-state index contributed by atoms with van der Waals surface area (Å²) < 4.78 is 18.3. The van der Waals surface area contributed by atoms with Gasteiger partial charge in [-0.1, -0.05) is 19.1 Å². The van der Waals surface area contributed by atoms with Crippen LogP contribution >= 0.6 is 0 Å². The molecule has 33 heavy (non-hydrogen) atoms. The van der Waals surface area contributed by atoms with Crippen molar-refractivity contribution >= 4 is 28.4 Å². The molecule has 172 valence electrons. The Hall–Kier alpha value is -3.59. The van der Waals surface area contributed by atoms with E-state index in [1.54, 1.807) is 12.1 Å². The lowest BCUT2D eigenvalue weighted by Crippen LogP contribution is -2.42. The number of hydrogen-bond donors (Lipinski definition) is 1. The van der Waals surface area contributed by atoms with Gasteiger partial charge in [0.15, 0.2) is 17.3 Å². The quantitative estimate of drug-likeness (QED) is 0.637. The summed E-state index contributed by atoms with van der Waals surface area (Å²) in [6.07, 6.45) is 0.924. The Morgan fingerprint density at radius 2 is 1.73 bits per heavy atom. The lowest BCUT2D eigenvalue weighted by atomic mass is 10.1. The lowest BCUT2D eigenvalue weighted by Gasteiger charge is -2.28. The third kappa shape index (κ3) is 4.36. The molecule has 0 saturated carbocycles. The maximum atomic E-state index is 13.5. The van der Waals surface area contributed by atoms with Crippen LogP contribution in [0.3, 0.4) is 0 Å². The highest BCUT2D eigenvalue weighted by atomic mass is 16.6. The maximum absolute atomic E-state index is 13.5. The van der Waals surface area contributed by atoms with E-state index in [2.05, 4.69) is 17.2 Å². The van der Waals surface area contributed by atoms with E-state index < -0.39 is 0 Å². The first-order chi connectivity index (χ1) is 16.1. The highest BCUT2D eigenvalue weighted by Gasteiger charge is 2.23. The minimum Gasteiger partial charge on any atom is -0.486 e. The third-order valence-corrected chi connectivity index (χ3v) is 5.85. The molecule has 3 heterocycles. The summed E-state index contributed by atoms with van der Waals surface area (Å²) in [5, 5.41) is 2.89. The van der Waals surface area contributed by atoms with Gasteiger partial charge in [-0.3, -0.25) is 14.2 Å². The van der Waals surface area contributed by atoms with Crippen LogP contribution in [0.15, 0.2) is 41.2 Å². The molecule has 0 spiro atoms. The van der Waals surface area contributed by atoms with Crippen LogP contribution in [0.1, 0.15) is 12.5 Å². The Labute approximate surface area is 190 Å². The molecule has 9 heteroatoms. The van der Waals surface area contributed by atoms with Crippen LogP contribution in [-0.4, -0.2) is 55.0 Å². The van der Waals surface area contributed by atoms with Gasteiger partial charge in [0.25, 0.3) is 5.56 Å². The number of nitrogens with one attached hydrogen (secondary N) is 1. The zero-order chi connectivity index (χ0) is 22.8. The van der Waals surface area contributed by atoms with Crippen molar-refractivity contribution in [2.75, 3.05) is 49.7 Å². The van der Waals surface area contributed by atoms with Crippen molar-refractivity contribution in [1.82, 2.24) is 9.55 Å². The van der Waals surface area contributed by atoms with Crippen LogP contribution in [0.2, 0.25) is 0 Å². The molecule has 3 aromatic rings.